The topological polar surface area (TPSA) is 29.5 Å². The van der Waals surface area contributed by atoms with E-state index in [-0.39, 0.29) is 11.5 Å². The van der Waals surface area contributed by atoms with Gasteiger partial charge in [-0.1, -0.05) is 37.3 Å². The van der Waals surface area contributed by atoms with Crippen molar-refractivity contribution in [1.29, 1.82) is 0 Å². The molecule has 1 aromatic carbocycles. The van der Waals surface area contributed by atoms with Gasteiger partial charge < -0.3 is 9.64 Å². The first-order valence-corrected chi connectivity index (χ1v) is 8.66. The van der Waals surface area contributed by atoms with Crippen molar-refractivity contribution >= 4 is 5.91 Å². The van der Waals surface area contributed by atoms with Gasteiger partial charge in [-0.25, -0.2) is 0 Å². The zero-order valence-electron chi connectivity index (χ0n) is 13.6. The predicted octanol–water partition coefficient (Wildman–Crippen LogP) is 3.43. The summed E-state index contributed by atoms with van der Waals surface area (Å²) in [7, 11) is 0. The number of carbonyl (C=O) groups is 1. The maximum Gasteiger partial charge on any atom is 0.222 e. The van der Waals surface area contributed by atoms with Crippen LogP contribution >= 0.6 is 0 Å². The lowest BCUT2D eigenvalue weighted by molar-refractivity contribution is -0.146. The molecule has 1 amide bonds. The van der Waals surface area contributed by atoms with Crippen molar-refractivity contribution in [3.8, 4) is 0 Å². The van der Waals surface area contributed by atoms with Crippen LogP contribution in [0.25, 0.3) is 0 Å². The summed E-state index contributed by atoms with van der Waals surface area (Å²) in [4.78, 5) is 13.8. The van der Waals surface area contributed by atoms with Gasteiger partial charge in [0.2, 0.25) is 5.91 Å². The third kappa shape index (κ3) is 3.52. The number of nitrogens with zero attached hydrogens (tertiary/aromatic N) is 1. The molecule has 2 aliphatic heterocycles. The average molecular weight is 301 g/mol. The first-order valence-electron chi connectivity index (χ1n) is 8.66. The standard InChI is InChI=1S/C19H27NO2/c1-2-18(21)20-11-9-19(10-12-20)15-17(8-13-22-19)14-16-6-4-3-5-7-16/h3-7,17H,2,8-15H2,1H3. The van der Waals surface area contributed by atoms with E-state index >= 15 is 0 Å². The van der Waals surface area contributed by atoms with Gasteiger partial charge in [-0.3, -0.25) is 4.79 Å². The lowest BCUT2D eigenvalue weighted by atomic mass is 9.77. The summed E-state index contributed by atoms with van der Waals surface area (Å²) in [5.74, 6) is 0.996. The predicted molar refractivity (Wildman–Crippen MR) is 87.7 cm³/mol. The van der Waals surface area contributed by atoms with Crippen LogP contribution in [0.5, 0.6) is 0 Å². The third-order valence-corrected chi connectivity index (χ3v) is 5.29. The Morgan fingerprint density at radius 1 is 1.27 bits per heavy atom. The molecule has 2 aliphatic rings. The van der Waals surface area contributed by atoms with Crippen LogP contribution in [0.3, 0.4) is 0 Å². The van der Waals surface area contributed by atoms with Crippen LogP contribution in [-0.2, 0) is 16.0 Å². The Kier molecular flexibility index (Phi) is 4.82. The van der Waals surface area contributed by atoms with E-state index in [0.29, 0.717) is 12.3 Å². The number of ether oxygens (including phenoxy) is 1. The molecule has 3 heteroatoms. The Morgan fingerprint density at radius 3 is 2.68 bits per heavy atom. The van der Waals surface area contributed by atoms with Crippen molar-refractivity contribution in [2.75, 3.05) is 19.7 Å². The average Bonchev–Trinajstić information content (AvgIpc) is 2.56. The minimum atomic E-state index is 0.0300. The molecule has 1 aromatic rings. The number of carbonyl (C=O) groups excluding carboxylic acids is 1. The Balaban J connectivity index is 1.58. The van der Waals surface area contributed by atoms with E-state index in [9.17, 15) is 4.79 Å². The molecular weight excluding hydrogens is 274 g/mol. The van der Waals surface area contributed by atoms with Gasteiger partial charge in [-0.05, 0) is 43.6 Å². The van der Waals surface area contributed by atoms with E-state index in [0.717, 1.165) is 51.8 Å². The van der Waals surface area contributed by atoms with E-state index in [2.05, 4.69) is 30.3 Å². The maximum absolute atomic E-state index is 11.8. The number of hydrogen-bond acceptors (Lipinski definition) is 2. The second-order valence-electron chi connectivity index (χ2n) is 6.81. The van der Waals surface area contributed by atoms with E-state index in [1.54, 1.807) is 0 Å². The largest absolute Gasteiger partial charge is 0.375 e. The summed E-state index contributed by atoms with van der Waals surface area (Å²) in [5, 5.41) is 0. The van der Waals surface area contributed by atoms with Crippen LogP contribution in [-0.4, -0.2) is 36.1 Å². The molecule has 3 nitrogen and oxygen atoms in total. The van der Waals surface area contributed by atoms with Gasteiger partial charge in [-0.2, -0.15) is 0 Å². The number of amides is 1. The highest BCUT2D eigenvalue weighted by molar-refractivity contribution is 5.75. The van der Waals surface area contributed by atoms with Crippen molar-refractivity contribution < 1.29 is 9.53 Å². The summed E-state index contributed by atoms with van der Waals surface area (Å²) < 4.78 is 6.20. The number of likely N-dealkylation sites (tertiary alicyclic amines) is 1. The Hall–Kier alpha value is -1.35. The quantitative estimate of drug-likeness (QED) is 0.856. The van der Waals surface area contributed by atoms with Crippen LogP contribution in [0.4, 0.5) is 0 Å². The number of hydrogen-bond donors (Lipinski definition) is 0. The van der Waals surface area contributed by atoms with Gasteiger partial charge in [0.25, 0.3) is 0 Å². The minimum absolute atomic E-state index is 0.0300. The van der Waals surface area contributed by atoms with Gasteiger partial charge in [0.15, 0.2) is 0 Å². The van der Waals surface area contributed by atoms with Gasteiger partial charge in [0.05, 0.1) is 5.60 Å². The summed E-state index contributed by atoms with van der Waals surface area (Å²) in [6, 6.07) is 10.8. The molecule has 0 aromatic heterocycles. The normalized spacial score (nSPS) is 24.4. The molecule has 1 atom stereocenters. The second-order valence-corrected chi connectivity index (χ2v) is 6.81. The van der Waals surface area contributed by atoms with E-state index in [1.807, 2.05) is 11.8 Å². The fraction of sp³-hybridized carbons (Fsp3) is 0.632. The van der Waals surface area contributed by atoms with Crippen LogP contribution in [0.1, 0.15) is 44.6 Å². The first kappa shape index (κ1) is 15.5. The summed E-state index contributed by atoms with van der Waals surface area (Å²) in [6.07, 6.45) is 6.09. The zero-order chi connectivity index (χ0) is 15.4. The lowest BCUT2D eigenvalue weighted by Crippen LogP contribution is -2.50. The Labute approximate surface area is 133 Å². The summed E-state index contributed by atoms with van der Waals surface area (Å²) in [6.45, 7) is 4.55. The van der Waals surface area contributed by atoms with E-state index in [1.165, 1.54) is 5.56 Å². The highest BCUT2D eigenvalue weighted by Gasteiger charge is 2.40. The van der Waals surface area contributed by atoms with Gasteiger partial charge in [0.1, 0.15) is 0 Å². The van der Waals surface area contributed by atoms with Crippen molar-refractivity contribution in [3.63, 3.8) is 0 Å². The molecule has 0 bridgehead atoms. The third-order valence-electron chi connectivity index (χ3n) is 5.29. The highest BCUT2D eigenvalue weighted by Crippen LogP contribution is 2.38. The van der Waals surface area contributed by atoms with Crippen LogP contribution in [0, 0.1) is 5.92 Å². The number of rotatable bonds is 3. The number of benzene rings is 1. The molecule has 0 saturated carbocycles. The molecule has 22 heavy (non-hydrogen) atoms. The van der Waals surface area contributed by atoms with Gasteiger partial charge in [-0.15, -0.1) is 0 Å². The molecule has 0 aliphatic carbocycles. The highest BCUT2D eigenvalue weighted by atomic mass is 16.5. The van der Waals surface area contributed by atoms with Crippen molar-refractivity contribution in [2.24, 2.45) is 5.92 Å². The van der Waals surface area contributed by atoms with Crippen molar-refractivity contribution in [3.05, 3.63) is 35.9 Å². The summed E-state index contributed by atoms with van der Waals surface area (Å²) in [5.41, 5.74) is 1.46. The van der Waals surface area contributed by atoms with Crippen LogP contribution in [0.2, 0.25) is 0 Å². The summed E-state index contributed by atoms with van der Waals surface area (Å²) >= 11 is 0. The zero-order valence-corrected chi connectivity index (χ0v) is 13.6. The second kappa shape index (κ2) is 6.82. The fourth-order valence-electron chi connectivity index (χ4n) is 3.99. The molecular formula is C19H27NO2. The smallest absolute Gasteiger partial charge is 0.222 e. The van der Waals surface area contributed by atoms with Gasteiger partial charge >= 0.3 is 0 Å². The molecule has 3 rings (SSSR count). The molecule has 1 unspecified atom stereocenters. The number of piperidine rings is 1. The molecule has 1 spiro atoms. The molecule has 0 N–H and O–H groups in total. The Morgan fingerprint density at radius 2 is 2.00 bits per heavy atom. The molecule has 2 fully saturated rings. The minimum Gasteiger partial charge on any atom is -0.375 e. The molecule has 2 heterocycles. The van der Waals surface area contributed by atoms with Crippen molar-refractivity contribution in [1.82, 2.24) is 4.90 Å². The monoisotopic (exact) mass is 301 g/mol. The SMILES string of the molecule is CCC(=O)N1CCC2(CC1)CC(Cc1ccccc1)CCO2. The van der Waals surface area contributed by atoms with Crippen LogP contribution in [0.15, 0.2) is 30.3 Å². The molecule has 0 radical (unpaired) electrons. The molecule has 2 saturated heterocycles. The van der Waals surface area contributed by atoms with E-state index < -0.39 is 0 Å². The fourth-order valence-corrected chi connectivity index (χ4v) is 3.99. The van der Waals surface area contributed by atoms with E-state index in [4.69, 9.17) is 4.74 Å². The van der Waals surface area contributed by atoms with Crippen molar-refractivity contribution in [2.45, 2.75) is 51.0 Å². The lowest BCUT2D eigenvalue weighted by Gasteiger charge is -2.46. The van der Waals surface area contributed by atoms with Crippen LogP contribution < -0.4 is 0 Å². The first-order chi connectivity index (χ1) is 10.7. The Bertz CT molecular complexity index is 491. The van der Waals surface area contributed by atoms with Gasteiger partial charge in [0, 0.05) is 26.1 Å². The maximum atomic E-state index is 11.8. The molecule has 120 valence electrons.